The molecule has 168 valence electrons. The van der Waals surface area contributed by atoms with Crippen molar-refractivity contribution in [2.24, 2.45) is 5.41 Å². The average Bonchev–Trinajstić information content (AvgIpc) is 3.10. The van der Waals surface area contributed by atoms with E-state index in [2.05, 4.69) is 24.0 Å². The van der Waals surface area contributed by atoms with Crippen LogP contribution in [0.25, 0.3) is 10.9 Å². The lowest BCUT2D eigenvalue weighted by Crippen LogP contribution is -2.50. The average molecular weight is 435 g/mol. The molecule has 2 aromatic carbocycles. The van der Waals surface area contributed by atoms with Gasteiger partial charge in [-0.05, 0) is 67.1 Å². The number of aryl methyl sites for hydroxylation is 1. The van der Waals surface area contributed by atoms with E-state index in [4.69, 9.17) is 4.74 Å². The number of ether oxygens (including phenoxy) is 1. The van der Waals surface area contributed by atoms with Crippen LogP contribution in [0.2, 0.25) is 0 Å². The van der Waals surface area contributed by atoms with E-state index in [1.165, 1.54) is 6.07 Å². The number of aliphatic hydroxyl groups is 1. The molecule has 2 N–H and O–H groups in total. The number of hydrogen-bond donors (Lipinski definition) is 2. The van der Waals surface area contributed by atoms with Gasteiger partial charge in [0.05, 0.1) is 23.8 Å². The number of nitrogens with one attached hydrogen (secondary N) is 1. The number of halogens is 1. The summed E-state index contributed by atoms with van der Waals surface area (Å²) in [6.45, 7) is 10.8. The third-order valence-electron chi connectivity index (χ3n) is 7.19. The van der Waals surface area contributed by atoms with E-state index in [0.717, 1.165) is 27.7 Å². The number of rotatable bonds is 4. The Bertz CT molecular complexity index is 1220. The van der Waals surface area contributed by atoms with E-state index >= 15 is 0 Å². The van der Waals surface area contributed by atoms with Crippen LogP contribution >= 0.6 is 0 Å². The first kappa shape index (κ1) is 22.4. The second-order valence-electron chi connectivity index (χ2n) is 10.6. The van der Waals surface area contributed by atoms with Crippen molar-refractivity contribution in [2.75, 3.05) is 6.61 Å². The quantitative estimate of drug-likeness (QED) is 0.534. The van der Waals surface area contributed by atoms with E-state index in [-0.39, 0.29) is 5.82 Å². The van der Waals surface area contributed by atoms with Crippen LogP contribution < -0.4 is 4.74 Å². The molecule has 0 saturated carbocycles. The van der Waals surface area contributed by atoms with Gasteiger partial charge < -0.3 is 14.8 Å². The maximum Gasteiger partial charge on any atom is 0.123 e. The number of aromatic amines is 1. The maximum absolute atomic E-state index is 14.1. The molecule has 0 saturated heterocycles. The van der Waals surface area contributed by atoms with Gasteiger partial charge in [-0.15, -0.1) is 0 Å². The lowest BCUT2D eigenvalue weighted by molar-refractivity contribution is -0.0824. The molecule has 0 radical (unpaired) electrons. The SMILES string of the molecule is Cc1cc(C#N)cc2[nH]c(CC(O)(CC3(C)CCOc4ccc(F)cc43)C(C)(C)C)cc12. The zero-order chi connectivity index (χ0) is 23.3. The maximum atomic E-state index is 14.1. The number of hydrogen-bond acceptors (Lipinski definition) is 3. The van der Waals surface area contributed by atoms with E-state index < -0.39 is 16.4 Å². The first-order valence-corrected chi connectivity index (χ1v) is 11.1. The summed E-state index contributed by atoms with van der Waals surface area (Å²) >= 11 is 0. The summed E-state index contributed by atoms with van der Waals surface area (Å²) in [5, 5.41) is 22.4. The fraction of sp³-hybridized carbons (Fsp3) is 0.444. The molecule has 2 unspecified atom stereocenters. The molecule has 2 heterocycles. The highest BCUT2D eigenvalue weighted by Crippen LogP contribution is 2.48. The van der Waals surface area contributed by atoms with Gasteiger partial charge in [0, 0.05) is 34.0 Å². The minimum absolute atomic E-state index is 0.292. The lowest BCUT2D eigenvalue weighted by atomic mass is 9.62. The molecule has 4 nitrogen and oxygen atoms in total. The molecule has 3 aromatic rings. The minimum Gasteiger partial charge on any atom is -0.493 e. The molecule has 4 rings (SSSR count). The van der Waals surface area contributed by atoms with Gasteiger partial charge in [-0.25, -0.2) is 4.39 Å². The van der Waals surface area contributed by atoms with Crippen LogP contribution in [0.1, 0.15) is 62.9 Å². The summed E-state index contributed by atoms with van der Waals surface area (Å²) < 4.78 is 19.9. The van der Waals surface area contributed by atoms with Crippen molar-refractivity contribution in [2.45, 2.75) is 64.9 Å². The van der Waals surface area contributed by atoms with Gasteiger partial charge in [0.15, 0.2) is 0 Å². The van der Waals surface area contributed by atoms with E-state index in [1.54, 1.807) is 12.1 Å². The number of aromatic nitrogens is 1. The van der Waals surface area contributed by atoms with Gasteiger partial charge in [-0.1, -0.05) is 27.7 Å². The predicted octanol–water partition coefficient (Wildman–Crippen LogP) is 5.94. The van der Waals surface area contributed by atoms with Gasteiger partial charge in [0.25, 0.3) is 0 Å². The van der Waals surface area contributed by atoms with Crippen LogP contribution in [0, 0.1) is 29.5 Å². The van der Waals surface area contributed by atoms with Gasteiger partial charge in [-0.3, -0.25) is 0 Å². The normalized spacial score (nSPS) is 20.3. The molecule has 0 aliphatic carbocycles. The monoisotopic (exact) mass is 434 g/mol. The molecule has 1 aliphatic heterocycles. The van der Waals surface area contributed by atoms with Gasteiger partial charge in [-0.2, -0.15) is 5.26 Å². The van der Waals surface area contributed by atoms with Crippen LogP contribution in [0.3, 0.4) is 0 Å². The Labute approximate surface area is 189 Å². The van der Waals surface area contributed by atoms with E-state index in [0.29, 0.717) is 37.2 Å². The summed E-state index contributed by atoms with van der Waals surface area (Å²) in [6.07, 6.45) is 1.61. The second kappa shape index (κ2) is 7.64. The number of nitrogens with zero attached hydrogens (tertiary/aromatic N) is 1. The van der Waals surface area contributed by atoms with Crippen LogP contribution in [-0.2, 0) is 11.8 Å². The fourth-order valence-corrected chi connectivity index (χ4v) is 4.99. The van der Waals surface area contributed by atoms with E-state index in [1.807, 2.05) is 39.8 Å². The smallest absolute Gasteiger partial charge is 0.123 e. The summed E-state index contributed by atoms with van der Waals surface area (Å²) in [5.74, 6) is 0.404. The minimum atomic E-state index is -1.06. The van der Waals surface area contributed by atoms with Crippen molar-refractivity contribution >= 4 is 10.9 Å². The largest absolute Gasteiger partial charge is 0.493 e. The summed E-state index contributed by atoms with van der Waals surface area (Å²) in [4.78, 5) is 3.42. The molecule has 2 atom stereocenters. The van der Waals surface area contributed by atoms with Gasteiger partial charge in [0.1, 0.15) is 11.6 Å². The molecule has 1 aromatic heterocycles. The molecule has 1 aliphatic rings. The number of nitriles is 1. The van der Waals surface area contributed by atoms with Crippen molar-refractivity contribution in [3.63, 3.8) is 0 Å². The molecule has 32 heavy (non-hydrogen) atoms. The number of fused-ring (bicyclic) bond motifs is 2. The van der Waals surface area contributed by atoms with Crippen LogP contribution in [0.5, 0.6) is 5.75 Å². The zero-order valence-electron chi connectivity index (χ0n) is 19.5. The summed E-state index contributed by atoms with van der Waals surface area (Å²) in [6, 6.07) is 12.7. The molecule has 0 bridgehead atoms. The number of H-pyrrole nitrogens is 1. The Morgan fingerprint density at radius 2 is 1.97 bits per heavy atom. The van der Waals surface area contributed by atoms with Crippen LogP contribution in [0.15, 0.2) is 36.4 Å². The number of benzene rings is 2. The first-order valence-electron chi connectivity index (χ1n) is 11.1. The van der Waals surface area contributed by atoms with Crippen molar-refractivity contribution in [3.8, 4) is 11.8 Å². The highest BCUT2D eigenvalue weighted by atomic mass is 19.1. The Morgan fingerprint density at radius 1 is 1.22 bits per heavy atom. The fourth-order valence-electron chi connectivity index (χ4n) is 4.99. The third kappa shape index (κ3) is 3.89. The first-order chi connectivity index (χ1) is 14.9. The van der Waals surface area contributed by atoms with Crippen LogP contribution in [0.4, 0.5) is 4.39 Å². The Kier molecular flexibility index (Phi) is 5.33. The highest BCUT2D eigenvalue weighted by molar-refractivity contribution is 5.85. The van der Waals surface area contributed by atoms with Gasteiger partial charge in [0.2, 0.25) is 0 Å². The molecule has 0 spiro atoms. The lowest BCUT2D eigenvalue weighted by Gasteiger charge is -2.47. The zero-order valence-corrected chi connectivity index (χ0v) is 19.5. The van der Waals surface area contributed by atoms with Crippen LogP contribution in [-0.4, -0.2) is 22.3 Å². The topological polar surface area (TPSA) is 69.0 Å². The molecule has 0 fully saturated rings. The third-order valence-corrected chi connectivity index (χ3v) is 7.19. The second-order valence-corrected chi connectivity index (χ2v) is 10.6. The molecule has 0 amide bonds. The van der Waals surface area contributed by atoms with Gasteiger partial charge >= 0.3 is 0 Å². The standard InChI is InChI=1S/C27H31FN2O2/c1-17-10-18(15-29)11-23-21(17)13-20(30-23)14-27(31,25(2,3)4)16-26(5)8-9-32-24-7-6-19(28)12-22(24)26/h6-7,10-13,30-31H,8-9,14,16H2,1-5H3. The summed E-state index contributed by atoms with van der Waals surface area (Å²) in [5.41, 5.74) is 2.38. The Balaban J connectivity index is 1.74. The summed E-state index contributed by atoms with van der Waals surface area (Å²) in [7, 11) is 0. The Hall–Kier alpha value is -2.84. The molecular weight excluding hydrogens is 403 g/mol. The van der Waals surface area contributed by atoms with E-state index in [9.17, 15) is 14.8 Å². The van der Waals surface area contributed by atoms with Crippen molar-refractivity contribution < 1.29 is 14.2 Å². The van der Waals surface area contributed by atoms with Crippen molar-refractivity contribution in [3.05, 3.63) is 64.6 Å². The Morgan fingerprint density at radius 3 is 2.66 bits per heavy atom. The molecular formula is C27H31FN2O2. The highest BCUT2D eigenvalue weighted by Gasteiger charge is 2.47. The molecule has 5 heteroatoms. The van der Waals surface area contributed by atoms with Crippen molar-refractivity contribution in [1.29, 1.82) is 5.26 Å². The van der Waals surface area contributed by atoms with Crippen molar-refractivity contribution in [1.82, 2.24) is 4.98 Å². The predicted molar refractivity (Wildman–Crippen MR) is 124 cm³/mol.